The van der Waals surface area contributed by atoms with E-state index < -0.39 is 24.0 Å². The van der Waals surface area contributed by atoms with Crippen molar-refractivity contribution in [3.05, 3.63) is 35.7 Å². The Hall–Kier alpha value is -3.43. The first-order valence-electron chi connectivity index (χ1n) is 10.4. The Bertz CT molecular complexity index is 948. The number of carbonyl (C=O) groups is 4. The van der Waals surface area contributed by atoms with Crippen LogP contribution in [0.25, 0.3) is 5.57 Å². The number of allylic oxidation sites excluding steroid dienone is 1. The number of hydrogen-bond donors (Lipinski definition) is 1. The lowest BCUT2D eigenvalue weighted by atomic mass is 10.00. The van der Waals surface area contributed by atoms with Crippen LogP contribution in [0.3, 0.4) is 0 Å². The maximum Gasteiger partial charge on any atom is 0.414 e. The standard InChI is InChI=1S/C22H26FN3O6/c1-14(27)24-11-18-12-26(22(30)32-18)17-5-6-19(20(23)10-17)16-4-3-8-25(9-7-16)21(29)13-31-15(2)28/h5-7,10,18H,3-4,8-9,11-13H2,1-2H3,(H,24,27)/t18-/m0/s1. The first kappa shape index (κ1) is 23.2. The van der Waals surface area contributed by atoms with Crippen LogP contribution in [-0.2, 0) is 23.9 Å². The van der Waals surface area contributed by atoms with E-state index >= 15 is 0 Å². The normalized spacial score (nSPS) is 18.5. The zero-order valence-electron chi connectivity index (χ0n) is 18.1. The van der Waals surface area contributed by atoms with Crippen molar-refractivity contribution < 1.29 is 33.0 Å². The molecule has 3 rings (SSSR count). The van der Waals surface area contributed by atoms with Crippen molar-refractivity contribution >= 4 is 35.1 Å². The molecule has 3 amide bonds. The molecular weight excluding hydrogens is 421 g/mol. The molecule has 32 heavy (non-hydrogen) atoms. The molecule has 0 spiro atoms. The van der Waals surface area contributed by atoms with Gasteiger partial charge in [-0.3, -0.25) is 19.3 Å². The lowest BCUT2D eigenvalue weighted by molar-refractivity contribution is -0.150. The summed E-state index contributed by atoms with van der Waals surface area (Å²) in [6.07, 6.45) is 1.92. The van der Waals surface area contributed by atoms with Crippen molar-refractivity contribution in [1.29, 1.82) is 0 Å². The van der Waals surface area contributed by atoms with E-state index in [1.807, 2.05) is 0 Å². The van der Waals surface area contributed by atoms with E-state index in [0.29, 0.717) is 37.2 Å². The minimum Gasteiger partial charge on any atom is -0.456 e. The van der Waals surface area contributed by atoms with Gasteiger partial charge in [-0.2, -0.15) is 0 Å². The number of halogens is 1. The van der Waals surface area contributed by atoms with Crippen LogP contribution in [0.1, 0.15) is 32.3 Å². The summed E-state index contributed by atoms with van der Waals surface area (Å²) in [5, 5.41) is 2.60. The minimum atomic E-state index is -0.594. The zero-order chi connectivity index (χ0) is 23.3. The van der Waals surface area contributed by atoms with Gasteiger partial charge in [-0.15, -0.1) is 0 Å². The quantitative estimate of drug-likeness (QED) is 0.668. The zero-order valence-corrected chi connectivity index (χ0v) is 18.1. The number of rotatable bonds is 6. The highest BCUT2D eigenvalue weighted by atomic mass is 19.1. The average Bonchev–Trinajstić information content (AvgIpc) is 2.94. The predicted molar refractivity (Wildman–Crippen MR) is 113 cm³/mol. The van der Waals surface area contributed by atoms with Gasteiger partial charge >= 0.3 is 12.1 Å². The fourth-order valence-electron chi connectivity index (χ4n) is 3.63. The van der Waals surface area contributed by atoms with Gasteiger partial charge in [-0.1, -0.05) is 6.08 Å². The molecule has 1 aromatic carbocycles. The largest absolute Gasteiger partial charge is 0.456 e. The number of amides is 3. The second-order valence-electron chi connectivity index (χ2n) is 7.67. The maximum absolute atomic E-state index is 14.9. The molecule has 1 atom stereocenters. The van der Waals surface area contributed by atoms with Crippen LogP contribution in [0, 0.1) is 5.82 Å². The molecule has 1 fully saturated rings. The number of carbonyl (C=O) groups excluding carboxylic acids is 4. The van der Waals surface area contributed by atoms with Gasteiger partial charge in [0, 0.05) is 32.5 Å². The molecular formula is C22H26FN3O6. The molecule has 0 bridgehead atoms. The number of anilines is 1. The fourth-order valence-corrected chi connectivity index (χ4v) is 3.63. The predicted octanol–water partition coefficient (Wildman–Crippen LogP) is 1.86. The van der Waals surface area contributed by atoms with Crippen molar-refractivity contribution in [2.45, 2.75) is 32.8 Å². The van der Waals surface area contributed by atoms with Crippen LogP contribution in [-0.4, -0.2) is 67.7 Å². The number of nitrogens with zero attached hydrogens (tertiary/aromatic N) is 2. The third-order valence-corrected chi connectivity index (χ3v) is 5.25. The molecule has 2 aliphatic rings. The average molecular weight is 447 g/mol. The molecule has 2 heterocycles. The molecule has 1 aromatic rings. The smallest absolute Gasteiger partial charge is 0.414 e. The fraction of sp³-hybridized carbons (Fsp3) is 0.455. The number of ether oxygens (including phenoxy) is 2. The lowest BCUT2D eigenvalue weighted by Crippen LogP contribution is -2.34. The van der Waals surface area contributed by atoms with Crippen molar-refractivity contribution in [3.8, 4) is 0 Å². The summed E-state index contributed by atoms with van der Waals surface area (Å²) >= 11 is 0. The summed E-state index contributed by atoms with van der Waals surface area (Å²) in [4.78, 5) is 49.2. The third kappa shape index (κ3) is 5.83. The molecule has 1 N–H and O–H groups in total. The molecule has 10 heteroatoms. The Labute approximate surface area is 185 Å². The third-order valence-electron chi connectivity index (χ3n) is 5.25. The van der Waals surface area contributed by atoms with E-state index in [1.54, 1.807) is 23.1 Å². The Morgan fingerprint density at radius 2 is 2.06 bits per heavy atom. The number of esters is 1. The van der Waals surface area contributed by atoms with Crippen LogP contribution in [0.2, 0.25) is 0 Å². The number of cyclic esters (lactones) is 1. The van der Waals surface area contributed by atoms with Gasteiger partial charge in [0.25, 0.3) is 5.91 Å². The lowest BCUT2D eigenvalue weighted by Gasteiger charge is -2.18. The van der Waals surface area contributed by atoms with E-state index in [0.717, 1.165) is 5.57 Å². The molecule has 0 unspecified atom stereocenters. The number of nitrogens with one attached hydrogen (secondary N) is 1. The van der Waals surface area contributed by atoms with Gasteiger partial charge in [0.1, 0.15) is 11.9 Å². The molecule has 0 aromatic heterocycles. The Morgan fingerprint density at radius 1 is 1.28 bits per heavy atom. The van der Waals surface area contributed by atoms with Gasteiger partial charge in [-0.25, -0.2) is 9.18 Å². The van der Waals surface area contributed by atoms with Crippen LogP contribution in [0.5, 0.6) is 0 Å². The monoisotopic (exact) mass is 447 g/mol. The van der Waals surface area contributed by atoms with Crippen LogP contribution in [0.4, 0.5) is 14.9 Å². The van der Waals surface area contributed by atoms with E-state index in [9.17, 15) is 23.6 Å². The Kier molecular flexibility index (Phi) is 7.45. The highest BCUT2D eigenvalue weighted by molar-refractivity contribution is 5.90. The highest BCUT2D eigenvalue weighted by Gasteiger charge is 2.32. The number of hydrogen-bond acceptors (Lipinski definition) is 6. The minimum absolute atomic E-state index is 0.192. The van der Waals surface area contributed by atoms with Crippen molar-refractivity contribution in [2.24, 2.45) is 0 Å². The van der Waals surface area contributed by atoms with E-state index in [-0.39, 0.29) is 31.5 Å². The highest BCUT2D eigenvalue weighted by Crippen LogP contribution is 2.30. The van der Waals surface area contributed by atoms with E-state index in [4.69, 9.17) is 9.47 Å². The second-order valence-corrected chi connectivity index (χ2v) is 7.67. The Morgan fingerprint density at radius 3 is 2.75 bits per heavy atom. The molecule has 1 saturated heterocycles. The number of benzene rings is 1. The topological polar surface area (TPSA) is 105 Å². The summed E-state index contributed by atoms with van der Waals surface area (Å²) in [7, 11) is 0. The summed E-state index contributed by atoms with van der Waals surface area (Å²) in [6, 6.07) is 4.55. The Balaban J connectivity index is 1.67. The van der Waals surface area contributed by atoms with E-state index in [2.05, 4.69) is 5.32 Å². The maximum atomic E-state index is 14.9. The van der Waals surface area contributed by atoms with Gasteiger partial charge < -0.3 is 19.7 Å². The SMILES string of the molecule is CC(=O)NC[C@H]1CN(c2ccc(C3=CCN(C(=O)COC(C)=O)CCC3)c(F)c2)C(=O)O1. The van der Waals surface area contributed by atoms with E-state index in [1.165, 1.54) is 24.8 Å². The second kappa shape index (κ2) is 10.3. The van der Waals surface area contributed by atoms with Crippen LogP contribution in [0.15, 0.2) is 24.3 Å². The molecule has 2 aliphatic heterocycles. The summed E-state index contributed by atoms with van der Waals surface area (Å²) < 4.78 is 24.9. The molecule has 0 radical (unpaired) electrons. The first-order valence-corrected chi connectivity index (χ1v) is 10.4. The first-order chi connectivity index (χ1) is 15.2. The summed E-state index contributed by atoms with van der Waals surface area (Å²) in [5.41, 5.74) is 1.55. The molecule has 9 nitrogen and oxygen atoms in total. The van der Waals surface area contributed by atoms with Crippen molar-refractivity contribution in [3.63, 3.8) is 0 Å². The summed E-state index contributed by atoms with van der Waals surface area (Å²) in [6.45, 7) is 3.48. The van der Waals surface area contributed by atoms with Gasteiger partial charge in [0.15, 0.2) is 6.61 Å². The van der Waals surface area contributed by atoms with Crippen LogP contribution >= 0.6 is 0 Å². The van der Waals surface area contributed by atoms with Gasteiger partial charge in [0.2, 0.25) is 5.91 Å². The van der Waals surface area contributed by atoms with Crippen LogP contribution < -0.4 is 10.2 Å². The van der Waals surface area contributed by atoms with Crippen molar-refractivity contribution in [2.75, 3.05) is 37.7 Å². The van der Waals surface area contributed by atoms with Crippen molar-refractivity contribution in [1.82, 2.24) is 10.2 Å². The molecule has 0 aliphatic carbocycles. The van der Waals surface area contributed by atoms with Gasteiger partial charge in [0.05, 0.1) is 18.8 Å². The molecule has 0 saturated carbocycles. The molecule has 172 valence electrons. The summed E-state index contributed by atoms with van der Waals surface area (Å²) in [5.74, 6) is -1.52. The van der Waals surface area contributed by atoms with Gasteiger partial charge in [-0.05, 0) is 36.6 Å².